The molecule has 0 heterocycles. The molecular formula is C14H12N2O6S2. The van der Waals surface area contributed by atoms with Gasteiger partial charge in [-0.25, -0.2) is 13.2 Å². The summed E-state index contributed by atoms with van der Waals surface area (Å²) >= 11 is 1.19. The van der Waals surface area contributed by atoms with Gasteiger partial charge < -0.3 is 5.11 Å². The summed E-state index contributed by atoms with van der Waals surface area (Å²) in [5, 5.41) is 19.6. The van der Waals surface area contributed by atoms with Gasteiger partial charge in [0.05, 0.1) is 21.1 Å². The van der Waals surface area contributed by atoms with Crippen molar-refractivity contribution in [2.45, 2.75) is 9.79 Å². The molecule has 0 aliphatic heterocycles. The van der Waals surface area contributed by atoms with Crippen molar-refractivity contribution in [2.75, 3.05) is 11.0 Å². The molecule has 2 aromatic rings. The maximum atomic E-state index is 12.4. The molecule has 8 nitrogen and oxygen atoms in total. The Hall–Kier alpha value is -2.59. The smallest absolute Gasteiger partial charge is 0.335 e. The van der Waals surface area contributed by atoms with Crippen molar-refractivity contribution in [3.63, 3.8) is 0 Å². The van der Waals surface area contributed by atoms with Gasteiger partial charge in [-0.15, -0.1) is 11.8 Å². The highest BCUT2D eigenvalue weighted by molar-refractivity contribution is 7.99. The third kappa shape index (κ3) is 3.84. The number of nitrogens with one attached hydrogen (secondary N) is 1. The Labute approximate surface area is 141 Å². The van der Waals surface area contributed by atoms with E-state index in [0.29, 0.717) is 4.90 Å². The molecular weight excluding hydrogens is 356 g/mol. The van der Waals surface area contributed by atoms with E-state index in [0.717, 1.165) is 24.3 Å². The lowest BCUT2D eigenvalue weighted by molar-refractivity contribution is -0.384. The zero-order chi connectivity index (χ0) is 17.9. The van der Waals surface area contributed by atoms with Crippen LogP contribution in [0.15, 0.2) is 52.3 Å². The second kappa shape index (κ2) is 6.89. The molecule has 0 fully saturated rings. The third-order valence-electron chi connectivity index (χ3n) is 3.05. The molecule has 0 saturated carbocycles. The molecule has 0 atom stereocenters. The Kier molecular flexibility index (Phi) is 5.10. The number of carboxylic acids is 1. The van der Waals surface area contributed by atoms with Crippen molar-refractivity contribution < 1.29 is 23.2 Å². The molecule has 0 bridgehead atoms. The number of sulfonamides is 1. The number of non-ortho nitro benzene ring substituents is 1. The van der Waals surface area contributed by atoms with Crippen molar-refractivity contribution in [3.05, 3.63) is 58.1 Å². The Morgan fingerprint density at radius 3 is 2.33 bits per heavy atom. The van der Waals surface area contributed by atoms with Gasteiger partial charge in [-0.1, -0.05) is 0 Å². The Bertz CT molecular complexity index is 894. The van der Waals surface area contributed by atoms with Gasteiger partial charge in [0.15, 0.2) is 0 Å². The fraction of sp³-hybridized carbons (Fsp3) is 0.0714. The van der Waals surface area contributed by atoms with Crippen LogP contribution in [-0.2, 0) is 10.0 Å². The van der Waals surface area contributed by atoms with Crippen LogP contribution in [-0.4, -0.2) is 30.7 Å². The van der Waals surface area contributed by atoms with Gasteiger partial charge in [0.25, 0.3) is 15.7 Å². The number of anilines is 1. The number of nitrogens with zero attached hydrogens (tertiary/aromatic N) is 1. The number of nitro benzene ring substituents is 1. The molecule has 0 aliphatic carbocycles. The maximum Gasteiger partial charge on any atom is 0.335 e. The molecule has 10 heteroatoms. The summed E-state index contributed by atoms with van der Waals surface area (Å²) in [4.78, 5) is 21.3. The van der Waals surface area contributed by atoms with Gasteiger partial charge in [0.2, 0.25) is 0 Å². The molecule has 0 aromatic heterocycles. The monoisotopic (exact) mass is 368 g/mol. The molecule has 2 N–H and O–H groups in total. The number of hydrogen-bond acceptors (Lipinski definition) is 6. The van der Waals surface area contributed by atoms with Gasteiger partial charge in [-0.2, -0.15) is 0 Å². The number of benzene rings is 2. The lowest BCUT2D eigenvalue weighted by Gasteiger charge is -2.12. The van der Waals surface area contributed by atoms with E-state index in [9.17, 15) is 23.3 Å². The third-order valence-corrected chi connectivity index (χ3v) is 5.21. The second-order valence-electron chi connectivity index (χ2n) is 4.58. The van der Waals surface area contributed by atoms with Gasteiger partial charge in [0, 0.05) is 17.0 Å². The fourth-order valence-corrected chi connectivity index (χ4v) is 3.59. The van der Waals surface area contributed by atoms with Crippen LogP contribution in [0, 0.1) is 10.1 Å². The van der Waals surface area contributed by atoms with Crippen LogP contribution in [0.25, 0.3) is 0 Å². The van der Waals surface area contributed by atoms with Crippen LogP contribution >= 0.6 is 11.8 Å². The highest BCUT2D eigenvalue weighted by atomic mass is 32.2. The quantitative estimate of drug-likeness (QED) is 0.456. The van der Waals surface area contributed by atoms with Crippen LogP contribution in [0.1, 0.15) is 10.4 Å². The first kappa shape index (κ1) is 17.8. The van der Waals surface area contributed by atoms with E-state index in [2.05, 4.69) is 4.72 Å². The standard InChI is InChI=1S/C14H12N2O6S2/c1-23-13-8-9(14(17)18)2-7-12(13)15-24(21,22)11-5-3-10(4-6-11)16(19)20/h2-8,15H,1H3,(H,17,18). The average molecular weight is 368 g/mol. The lowest BCUT2D eigenvalue weighted by atomic mass is 10.2. The van der Waals surface area contributed by atoms with Crippen molar-refractivity contribution in [2.24, 2.45) is 0 Å². The lowest BCUT2D eigenvalue weighted by Crippen LogP contribution is -2.14. The van der Waals surface area contributed by atoms with E-state index in [1.165, 1.54) is 30.0 Å². The highest BCUT2D eigenvalue weighted by Gasteiger charge is 2.18. The minimum Gasteiger partial charge on any atom is -0.478 e. The van der Waals surface area contributed by atoms with Crippen LogP contribution in [0.5, 0.6) is 0 Å². The first-order chi connectivity index (χ1) is 11.2. The maximum absolute atomic E-state index is 12.4. The molecule has 0 saturated heterocycles. The number of carboxylic acid groups (broad SMARTS) is 1. The molecule has 24 heavy (non-hydrogen) atoms. The first-order valence-corrected chi connectivity index (χ1v) is 9.14. The summed E-state index contributed by atoms with van der Waals surface area (Å²) in [6, 6.07) is 8.46. The molecule has 0 unspecified atom stereocenters. The van der Waals surface area contributed by atoms with E-state index >= 15 is 0 Å². The molecule has 0 radical (unpaired) electrons. The van der Waals surface area contributed by atoms with E-state index in [1.54, 1.807) is 6.26 Å². The summed E-state index contributed by atoms with van der Waals surface area (Å²) in [6.45, 7) is 0. The number of aromatic carboxylic acids is 1. The number of thioether (sulfide) groups is 1. The predicted molar refractivity (Wildman–Crippen MR) is 89.1 cm³/mol. The minimum absolute atomic E-state index is 0.0395. The molecule has 0 spiro atoms. The number of carbonyl (C=O) groups is 1. The summed E-state index contributed by atoms with van der Waals surface area (Å²) in [5.74, 6) is -1.12. The summed E-state index contributed by atoms with van der Waals surface area (Å²) in [5.41, 5.74) is 0.0491. The average Bonchev–Trinajstić information content (AvgIpc) is 2.54. The van der Waals surface area contributed by atoms with E-state index in [4.69, 9.17) is 5.11 Å². The summed E-state index contributed by atoms with van der Waals surface area (Å²) in [7, 11) is -3.95. The Morgan fingerprint density at radius 2 is 1.83 bits per heavy atom. The topological polar surface area (TPSA) is 127 Å². The molecule has 0 aliphatic rings. The summed E-state index contributed by atoms with van der Waals surface area (Å²) in [6.07, 6.45) is 1.69. The number of rotatable bonds is 6. The van der Waals surface area contributed by atoms with E-state index in [-0.39, 0.29) is 21.8 Å². The zero-order valence-electron chi connectivity index (χ0n) is 12.3. The predicted octanol–water partition coefficient (Wildman–Crippen LogP) is 2.82. The van der Waals surface area contributed by atoms with Crippen molar-refractivity contribution >= 4 is 39.1 Å². The summed E-state index contributed by atoms with van der Waals surface area (Å²) < 4.78 is 27.1. The minimum atomic E-state index is -3.95. The van der Waals surface area contributed by atoms with Gasteiger partial charge >= 0.3 is 5.97 Å². The van der Waals surface area contributed by atoms with E-state index in [1.807, 2.05) is 0 Å². The fourth-order valence-electron chi connectivity index (χ4n) is 1.86. The first-order valence-electron chi connectivity index (χ1n) is 6.43. The SMILES string of the molecule is CSc1cc(C(=O)O)ccc1NS(=O)(=O)c1ccc([N+](=O)[O-])cc1. The van der Waals surface area contributed by atoms with Gasteiger partial charge in [-0.05, 0) is 36.6 Å². The van der Waals surface area contributed by atoms with Gasteiger partial charge in [-0.3, -0.25) is 14.8 Å². The van der Waals surface area contributed by atoms with Crippen molar-refractivity contribution in [1.82, 2.24) is 0 Å². The molecule has 2 aromatic carbocycles. The normalized spacial score (nSPS) is 11.0. The molecule has 0 amide bonds. The van der Waals surface area contributed by atoms with Crippen molar-refractivity contribution in [1.29, 1.82) is 0 Å². The molecule has 126 valence electrons. The number of nitro groups is 1. The number of hydrogen-bond donors (Lipinski definition) is 2. The van der Waals surface area contributed by atoms with Crippen molar-refractivity contribution in [3.8, 4) is 0 Å². The van der Waals surface area contributed by atoms with Crippen LogP contribution < -0.4 is 4.72 Å². The van der Waals surface area contributed by atoms with Crippen LogP contribution in [0.4, 0.5) is 11.4 Å². The van der Waals surface area contributed by atoms with Crippen LogP contribution in [0.3, 0.4) is 0 Å². The second-order valence-corrected chi connectivity index (χ2v) is 7.11. The Morgan fingerprint density at radius 1 is 1.21 bits per heavy atom. The zero-order valence-corrected chi connectivity index (χ0v) is 13.9. The Balaban J connectivity index is 2.35. The largest absolute Gasteiger partial charge is 0.478 e. The van der Waals surface area contributed by atoms with Crippen LogP contribution in [0.2, 0.25) is 0 Å². The highest BCUT2D eigenvalue weighted by Crippen LogP contribution is 2.29. The van der Waals surface area contributed by atoms with E-state index < -0.39 is 20.9 Å². The van der Waals surface area contributed by atoms with Gasteiger partial charge in [0.1, 0.15) is 0 Å². The molecule has 2 rings (SSSR count).